The number of anilines is 1. The number of rotatable bonds is 7. The highest BCUT2D eigenvalue weighted by atomic mass is 16.5. The molecule has 0 saturated carbocycles. The smallest absolute Gasteiger partial charge is 0.339 e. The van der Waals surface area contributed by atoms with Gasteiger partial charge in [-0.15, -0.1) is 0 Å². The van der Waals surface area contributed by atoms with Gasteiger partial charge in [0.1, 0.15) is 11.5 Å². The van der Waals surface area contributed by atoms with Crippen molar-refractivity contribution in [3.8, 4) is 11.5 Å². The first-order chi connectivity index (χ1) is 12.8. The van der Waals surface area contributed by atoms with Gasteiger partial charge in [0.25, 0.3) is 5.91 Å². The Labute approximate surface area is 157 Å². The van der Waals surface area contributed by atoms with Crippen LogP contribution in [0, 0.1) is 0 Å². The molecule has 0 saturated heterocycles. The number of Topliss-reactive ketones (excluding diaryl/α,β-unsaturated/α-hetero) is 1. The van der Waals surface area contributed by atoms with Crippen molar-refractivity contribution >= 4 is 23.3 Å². The van der Waals surface area contributed by atoms with E-state index in [9.17, 15) is 14.4 Å². The maximum absolute atomic E-state index is 12.3. The van der Waals surface area contributed by atoms with E-state index in [-0.39, 0.29) is 11.3 Å². The predicted molar refractivity (Wildman–Crippen MR) is 99.5 cm³/mol. The van der Waals surface area contributed by atoms with E-state index in [0.717, 1.165) is 0 Å². The average Bonchev–Trinajstić information content (AvgIpc) is 2.67. The Balaban J connectivity index is 2.03. The third-order valence-electron chi connectivity index (χ3n) is 3.80. The van der Waals surface area contributed by atoms with E-state index in [1.165, 1.54) is 40.2 Å². The van der Waals surface area contributed by atoms with E-state index in [1.54, 1.807) is 30.3 Å². The molecular weight excluding hydrogens is 350 g/mol. The lowest BCUT2D eigenvalue weighted by atomic mass is 10.1. The van der Waals surface area contributed by atoms with Gasteiger partial charge in [-0.2, -0.15) is 0 Å². The van der Waals surface area contributed by atoms with Crippen LogP contribution in [0.4, 0.5) is 5.69 Å². The fourth-order valence-electron chi connectivity index (χ4n) is 2.24. The molecule has 142 valence electrons. The van der Waals surface area contributed by atoms with Crippen LogP contribution in [-0.4, -0.2) is 38.0 Å². The first-order valence-electron chi connectivity index (χ1n) is 8.20. The van der Waals surface area contributed by atoms with Crippen LogP contribution in [0.3, 0.4) is 0 Å². The standard InChI is InChI=1S/C20H21NO6/c1-12(22)14-5-7-16(8-6-14)21-19(23)13(2)27-20(24)15-9-17(25-3)11-18(10-15)26-4/h5-11,13H,1-4H3,(H,21,23)/t13-/m0/s1. The summed E-state index contributed by atoms with van der Waals surface area (Å²) in [4.78, 5) is 35.8. The van der Waals surface area contributed by atoms with Gasteiger partial charge in [-0.1, -0.05) is 0 Å². The minimum atomic E-state index is -1.03. The third kappa shape index (κ3) is 5.31. The first-order valence-corrected chi connectivity index (χ1v) is 8.20. The second-order valence-corrected chi connectivity index (χ2v) is 5.77. The molecule has 2 aromatic rings. The van der Waals surface area contributed by atoms with Crippen LogP contribution in [0.5, 0.6) is 11.5 Å². The number of esters is 1. The van der Waals surface area contributed by atoms with Crippen molar-refractivity contribution in [1.82, 2.24) is 0 Å². The second-order valence-electron chi connectivity index (χ2n) is 5.77. The summed E-state index contributed by atoms with van der Waals surface area (Å²) < 4.78 is 15.4. The van der Waals surface area contributed by atoms with E-state index in [2.05, 4.69) is 5.32 Å². The molecule has 0 aromatic heterocycles. The third-order valence-corrected chi connectivity index (χ3v) is 3.80. The summed E-state index contributed by atoms with van der Waals surface area (Å²) >= 11 is 0. The lowest BCUT2D eigenvalue weighted by Crippen LogP contribution is -2.30. The van der Waals surface area contributed by atoms with Gasteiger partial charge in [-0.05, 0) is 50.2 Å². The topological polar surface area (TPSA) is 90.9 Å². The van der Waals surface area contributed by atoms with Crippen molar-refractivity contribution in [3.05, 3.63) is 53.6 Å². The second kappa shape index (κ2) is 8.84. The Morgan fingerprint density at radius 2 is 1.44 bits per heavy atom. The number of carbonyl (C=O) groups is 3. The van der Waals surface area contributed by atoms with Crippen molar-refractivity contribution in [2.45, 2.75) is 20.0 Å². The summed E-state index contributed by atoms with van der Waals surface area (Å²) in [6.07, 6.45) is -1.03. The Hall–Kier alpha value is -3.35. The summed E-state index contributed by atoms with van der Waals surface area (Å²) in [5.74, 6) is -0.368. The van der Waals surface area contributed by atoms with Gasteiger partial charge in [-0.3, -0.25) is 9.59 Å². The van der Waals surface area contributed by atoms with Crippen molar-refractivity contribution in [1.29, 1.82) is 0 Å². The van der Waals surface area contributed by atoms with Crippen LogP contribution in [0.15, 0.2) is 42.5 Å². The fourth-order valence-corrected chi connectivity index (χ4v) is 2.24. The number of methoxy groups -OCH3 is 2. The molecule has 1 N–H and O–H groups in total. The molecule has 0 radical (unpaired) electrons. The van der Waals surface area contributed by atoms with Crippen molar-refractivity contribution in [2.24, 2.45) is 0 Å². The molecule has 0 aliphatic carbocycles. The Kier molecular flexibility index (Phi) is 6.54. The average molecular weight is 371 g/mol. The maximum atomic E-state index is 12.3. The molecule has 0 unspecified atom stereocenters. The number of ether oxygens (including phenoxy) is 3. The molecule has 0 bridgehead atoms. The Morgan fingerprint density at radius 1 is 0.889 bits per heavy atom. The molecule has 2 aromatic carbocycles. The van der Waals surface area contributed by atoms with Crippen molar-refractivity contribution in [2.75, 3.05) is 19.5 Å². The molecule has 7 heteroatoms. The molecule has 7 nitrogen and oxygen atoms in total. The maximum Gasteiger partial charge on any atom is 0.339 e. The summed E-state index contributed by atoms with van der Waals surface area (Å²) in [6, 6.07) is 11.0. The number of ketones is 1. The van der Waals surface area contributed by atoms with Gasteiger partial charge in [0.2, 0.25) is 0 Å². The molecule has 0 aliphatic rings. The van der Waals surface area contributed by atoms with Gasteiger partial charge in [0, 0.05) is 17.3 Å². The van der Waals surface area contributed by atoms with Gasteiger partial charge >= 0.3 is 5.97 Å². The summed E-state index contributed by atoms with van der Waals surface area (Å²) in [5.41, 5.74) is 1.24. The zero-order valence-corrected chi connectivity index (χ0v) is 15.6. The first kappa shape index (κ1) is 20.0. The normalized spacial score (nSPS) is 11.3. The zero-order valence-electron chi connectivity index (χ0n) is 15.6. The van der Waals surface area contributed by atoms with Gasteiger partial charge < -0.3 is 19.5 Å². The quantitative estimate of drug-likeness (QED) is 0.594. The van der Waals surface area contributed by atoms with Gasteiger partial charge in [0.05, 0.1) is 19.8 Å². The summed E-state index contributed by atoms with van der Waals surface area (Å²) in [7, 11) is 2.94. The minimum Gasteiger partial charge on any atom is -0.497 e. The number of hydrogen-bond acceptors (Lipinski definition) is 6. The fraction of sp³-hybridized carbons (Fsp3) is 0.250. The number of carbonyl (C=O) groups excluding carboxylic acids is 3. The molecule has 1 amide bonds. The van der Waals surface area contributed by atoms with Crippen LogP contribution >= 0.6 is 0 Å². The monoisotopic (exact) mass is 371 g/mol. The van der Waals surface area contributed by atoms with Crippen LogP contribution in [-0.2, 0) is 9.53 Å². The highest BCUT2D eigenvalue weighted by Crippen LogP contribution is 2.23. The summed E-state index contributed by atoms with van der Waals surface area (Å²) in [5, 5.41) is 2.63. The van der Waals surface area contributed by atoms with Gasteiger partial charge in [0.15, 0.2) is 11.9 Å². The molecule has 1 atom stereocenters. The zero-order chi connectivity index (χ0) is 20.0. The minimum absolute atomic E-state index is 0.0658. The lowest BCUT2D eigenvalue weighted by Gasteiger charge is -2.14. The SMILES string of the molecule is COc1cc(OC)cc(C(=O)O[C@@H](C)C(=O)Nc2ccc(C(C)=O)cc2)c1. The van der Waals surface area contributed by atoms with E-state index in [4.69, 9.17) is 14.2 Å². The van der Waals surface area contributed by atoms with Crippen LogP contribution in [0.25, 0.3) is 0 Å². The number of amides is 1. The number of benzene rings is 2. The van der Waals surface area contributed by atoms with E-state index in [0.29, 0.717) is 22.7 Å². The Morgan fingerprint density at radius 3 is 1.93 bits per heavy atom. The highest BCUT2D eigenvalue weighted by molar-refractivity contribution is 5.98. The van der Waals surface area contributed by atoms with E-state index in [1.807, 2.05) is 0 Å². The van der Waals surface area contributed by atoms with Crippen LogP contribution in [0.2, 0.25) is 0 Å². The van der Waals surface area contributed by atoms with Crippen LogP contribution in [0.1, 0.15) is 34.6 Å². The summed E-state index contributed by atoms with van der Waals surface area (Å²) in [6.45, 7) is 2.93. The predicted octanol–water partition coefficient (Wildman–Crippen LogP) is 3.09. The van der Waals surface area contributed by atoms with Crippen LogP contribution < -0.4 is 14.8 Å². The molecule has 0 spiro atoms. The molecule has 0 fully saturated rings. The molecule has 27 heavy (non-hydrogen) atoms. The van der Waals surface area contributed by atoms with Crippen molar-refractivity contribution in [3.63, 3.8) is 0 Å². The largest absolute Gasteiger partial charge is 0.497 e. The Bertz CT molecular complexity index is 822. The number of nitrogens with one attached hydrogen (secondary N) is 1. The highest BCUT2D eigenvalue weighted by Gasteiger charge is 2.20. The number of hydrogen-bond donors (Lipinski definition) is 1. The molecule has 2 rings (SSSR count). The van der Waals surface area contributed by atoms with Gasteiger partial charge in [-0.25, -0.2) is 4.79 Å². The van der Waals surface area contributed by atoms with E-state index >= 15 is 0 Å². The molecule has 0 heterocycles. The van der Waals surface area contributed by atoms with Crippen molar-refractivity contribution < 1.29 is 28.6 Å². The lowest BCUT2D eigenvalue weighted by molar-refractivity contribution is -0.123. The molecular formula is C20H21NO6. The molecule has 0 aliphatic heterocycles. The van der Waals surface area contributed by atoms with E-state index < -0.39 is 18.0 Å².